The van der Waals surface area contributed by atoms with Crippen molar-refractivity contribution in [3.05, 3.63) is 23.9 Å². The summed E-state index contributed by atoms with van der Waals surface area (Å²) in [5.41, 5.74) is 0.308. The van der Waals surface area contributed by atoms with Crippen molar-refractivity contribution in [1.29, 1.82) is 5.41 Å². The van der Waals surface area contributed by atoms with Gasteiger partial charge in [0.1, 0.15) is 0 Å². The third-order valence-corrected chi connectivity index (χ3v) is 8.90. The van der Waals surface area contributed by atoms with Gasteiger partial charge in [0, 0.05) is 19.0 Å². The fraction of sp³-hybridized carbons (Fsp3) is 0.808. The minimum Gasteiger partial charge on any atom is -0.387 e. The lowest BCUT2D eigenvalue weighted by Crippen LogP contribution is -2.42. The molecule has 3 saturated carbocycles. The number of halogens is 3. The van der Waals surface area contributed by atoms with Crippen LogP contribution in [0.2, 0.25) is 0 Å². The molecule has 0 saturated heterocycles. The molecule has 2 nitrogen and oxygen atoms in total. The van der Waals surface area contributed by atoms with Crippen molar-refractivity contribution in [1.82, 2.24) is 5.32 Å². The van der Waals surface area contributed by atoms with E-state index < -0.39 is 11.7 Å². The van der Waals surface area contributed by atoms with E-state index in [9.17, 15) is 13.2 Å². The summed E-state index contributed by atoms with van der Waals surface area (Å²) in [4.78, 5) is 0. The molecule has 176 valence electrons. The van der Waals surface area contributed by atoms with Crippen molar-refractivity contribution in [2.75, 3.05) is 6.54 Å². The van der Waals surface area contributed by atoms with Gasteiger partial charge in [-0.05, 0) is 67.1 Å². The molecule has 0 amide bonds. The van der Waals surface area contributed by atoms with Gasteiger partial charge in [-0.2, -0.15) is 13.2 Å². The topological polar surface area (TPSA) is 35.9 Å². The minimum atomic E-state index is -4.49. The Labute approximate surface area is 186 Å². The Morgan fingerprint density at radius 1 is 1.06 bits per heavy atom. The Morgan fingerprint density at radius 3 is 2.48 bits per heavy atom. The summed E-state index contributed by atoms with van der Waals surface area (Å²) in [7, 11) is 0. The molecule has 5 heteroatoms. The van der Waals surface area contributed by atoms with Gasteiger partial charge in [0.2, 0.25) is 0 Å². The van der Waals surface area contributed by atoms with E-state index in [1.54, 1.807) is 0 Å². The number of fused-ring (bicyclic) bond motifs is 3. The van der Waals surface area contributed by atoms with E-state index in [0.29, 0.717) is 18.7 Å². The predicted octanol–water partition coefficient (Wildman–Crippen LogP) is 7.67. The fourth-order valence-corrected chi connectivity index (χ4v) is 7.20. The van der Waals surface area contributed by atoms with Crippen molar-refractivity contribution in [2.45, 2.75) is 90.7 Å². The van der Waals surface area contributed by atoms with Crippen LogP contribution in [0.1, 0.15) is 84.5 Å². The summed E-state index contributed by atoms with van der Waals surface area (Å²) in [5, 5.41) is 9.80. The smallest absolute Gasteiger partial charge is 0.387 e. The molecule has 31 heavy (non-hydrogen) atoms. The SMILES string of the molecule is C=C(CN/C=C(\C=N)C(F)(F)F)C1CCC2C3CCCCC(C)CCCC3CCC12C. The average Bonchev–Trinajstić information content (AvgIpc) is 3.06. The average molecular weight is 439 g/mol. The van der Waals surface area contributed by atoms with Crippen LogP contribution in [0.5, 0.6) is 0 Å². The van der Waals surface area contributed by atoms with Crippen molar-refractivity contribution < 1.29 is 13.2 Å². The molecule has 0 spiro atoms. The fourth-order valence-electron chi connectivity index (χ4n) is 7.20. The van der Waals surface area contributed by atoms with Crippen LogP contribution in [0.4, 0.5) is 13.2 Å². The van der Waals surface area contributed by atoms with Gasteiger partial charge in [-0.25, -0.2) is 0 Å². The Kier molecular flexibility index (Phi) is 7.96. The number of rotatable bonds is 5. The van der Waals surface area contributed by atoms with E-state index >= 15 is 0 Å². The Bertz CT molecular complexity index is 668. The van der Waals surface area contributed by atoms with Gasteiger partial charge in [-0.15, -0.1) is 0 Å². The summed E-state index contributed by atoms with van der Waals surface area (Å²) < 4.78 is 38.5. The second kappa shape index (κ2) is 10.1. The molecule has 0 bridgehead atoms. The second-order valence-corrected chi connectivity index (χ2v) is 10.8. The van der Waals surface area contributed by atoms with E-state index in [-0.39, 0.29) is 5.41 Å². The first kappa shape index (κ1) is 24.4. The van der Waals surface area contributed by atoms with Crippen LogP contribution >= 0.6 is 0 Å². The molecule has 0 heterocycles. The maximum atomic E-state index is 12.8. The van der Waals surface area contributed by atoms with Crippen LogP contribution in [0.25, 0.3) is 0 Å². The van der Waals surface area contributed by atoms with Crippen LogP contribution in [-0.2, 0) is 0 Å². The van der Waals surface area contributed by atoms with Crippen molar-refractivity contribution >= 4 is 6.21 Å². The number of allylic oxidation sites excluding steroid dienone is 1. The Balaban J connectivity index is 1.65. The zero-order valence-corrected chi connectivity index (χ0v) is 19.4. The highest BCUT2D eigenvalue weighted by molar-refractivity contribution is 5.77. The van der Waals surface area contributed by atoms with E-state index in [0.717, 1.165) is 41.9 Å². The normalized spacial score (nSPS) is 37.5. The van der Waals surface area contributed by atoms with E-state index in [1.807, 2.05) is 0 Å². The molecule has 3 fully saturated rings. The number of hydrogen-bond acceptors (Lipinski definition) is 2. The Morgan fingerprint density at radius 2 is 1.77 bits per heavy atom. The highest BCUT2D eigenvalue weighted by Crippen LogP contribution is 2.62. The lowest BCUT2D eigenvalue weighted by Gasteiger charge is -2.50. The van der Waals surface area contributed by atoms with Crippen LogP contribution in [-0.4, -0.2) is 18.9 Å². The van der Waals surface area contributed by atoms with Crippen LogP contribution in [0.15, 0.2) is 23.9 Å². The van der Waals surface area contributed by atoms with Gasteiger partial charge in [0.25, 0.3) is 0 Å². The maximum Gasteiger partial charge on any atom is 0.419 e. The van der Waals surface area contributed by atoms with Crippen molar-refractivity contribution in [3.63, 3.8) is 0 Å². The molecule has 0 radical (unpaired) electrons. The van der Waals surface area contributed by atoms with E-state index in [4.69, 9.17) is 5.41 Å². The van der Waals surface area contributed by atoms with Gasteiger partial charge in [0.05, 0.1) is 5.57 Å². The van der Waals surface area contributed by atoms with Crippen LogP contribution < -0.4 is 5.32 Å². The first-order valence-corrected chi connectivity index (χ1v) is 12.4. The highest BCUT2D eigenvalue weighted by Gasteiger charge is 2.53. The number of alkyl halides is 3. The van der Waals surface area contributed by atoms with Gasteiger partial charge in [-0.1, -0.05) is 64.5 Å². The number of hydrogen-bond donors (Lipinski definition) is 2. The zero-order valence-electron chi connectivity index (χ0n) is 19.4. The number of nitrogens with one attached hydrogen (secondary N) is 2. The largest absolute Gasteiger partial charge is 0.419 e. The van der Waals surface area contributed by atoms with Crippen LogP contribution in [0, 0.1) is 40.4 Å². The lowest BCUT2D eigenvalue weighted by atomic mass is 9.55. The summed E-state index contributed by atoms with van der Waals surface area (Å²) in [5.74, 6) is 3.65. The molecule has 6 unspecified atom stereocenters. The minimum absolute atomic E-state index is 0.232. The molecule has 6 atom stereocenters. The van der Waals surface area contributed by atoms with Gasteiger partial charge < -0.3 is 10.7 Å². The summed E-state index contributed by atoms with van der Waals surface area (Å²) in [6.45, 7) is 9.50. The van der Waals surface area contributed by atoms with E-state index in [2.05, 4.69) is 25.7 Å². The molecular weight excluding hydrogens is 397 g/mol. The van der Waals surface area contributed by atoms with Gasteiger partial charge in [0.15, 0.2) is 0 Å². The standard InChI is InChI=1S/C26H41F3N2/c1-18-7-4-5-10-22-20(9-6-8-18)13-14-25(3)23(11-12-24(22)25)19(2)16-31-17-21(15-30)26(27,28)29/h15,17-18,20,22-24,30-31H,2,4-14,16H2,1,3H3/b21-17+,30-15?. The van der Waals surface area contributed by atoms with E-state index in [1.165, 1.54) is 64.2 Å². The summed E-state index contributed by atoms with van der Waals surface area (Å²) in [6, 6.07) is 0. The molecule has 3 aliphatic rings. The molecule has 0 aliphatic heterocycles. The lowest BCUT2D eigenvalue weighted by molar-refractivity contribution is -0.0859. The van der Waals surface area contributed by atoms with Crippen molar-refractivity contribution in [2.24, 2.45) is 35.0 Å². The first-order valence-electron chi connectivity index (χ1n) is 12.4. The van der Waals surface area contributed by atoms with Gasteiger partial charge in [-0.3, -0.25) is 0 Å². The first-order chi connectivity index (χ1) is 14.7. The van der Waals surface area contributed by atoms with Gasteiger partial charge >= 0.3 is 6.18 Å². The highest BCUT2D eigenvalue weighted by atomic mass is 19.4. The molecular formula is C26H41F3N2. The third kappa shape index (κ3) is 5.57. The summed E-state index contributed by atoms with van der Waals surface area (Å²) in [6.07, 6.45) is 11.2. The third-order valence-electron chi connectivity index (χ3n) is 8.90. The molecule has 3 aliphatic carbocycles. The van der Waals surface area contributed by atoms with Crippen molar-refractivity contribution in [3.8, 4) is 0 Å². The monoisotopic (exact) mass is 438 g/mol. The summed E-state index contributed by atoms with van der Waals surface area (Å²) >= 11 is 0. The maximum absolute atomic E-state index is 12.8. The quantitative estimate of drug-likeness (QED) is 0.335. The molecule has 3 rings (SSSR count). The van der Waals surface area contributed by atoms with Crippen LogP contribution in [0.3, 0.4) is 0 Å². The Hall–Kier alpha value is -1.26. The molecule has 0 aromatic heterocycles. The molecule has 0 aromatic carbocycles. The predicted molar refractivity (Wildman–Crippen MR) is 122 cm³/mol. The molecule has 0 aromatic rings. The second-order valence-electron chi connectivity index (χ2n) is 10.8. The zero-order chi connectivity index (χ0) is 22.6. The molecule has 2 N–H and O–H groups in total.